The fraction of sp³-hybridized carbons (Fsp3) is 0.308. The van der Waals surface area contributed by atoms with Gasteiger partial charge >= 0.3 is 5.97 Å². The zero-order valence-electron chi connectivity index (χ0n) is 9.77. The molecule has 90 valence electrons. The molecule has 0 spiro atoms. The fourth-order valence-electron chi connectivity index (χ4n) is 1.83. The van der Waals surface area contributed by atoms with E-state index in [4.69, 9.17) is 5.11 Å². The number of anilines is 1. The van der Waals surface area contributed by atoms with E-state index in [2.05, 4.69) is 18.4 Å². The van der Waals surface area contributed by atoms with E-state index in [-0.39, 0.29) is 0 Å². The third-order valence-corrected chi connectivity index (χ3v) is 3.78. The first-order valence-electron chi connectivity index (χ1n) is 5.65. The molecule has 17 heavy (non-hydrogen) atoms. The van der Waals surface area contributed by atoms with Crippen LogP contribution in [0.3, 0.4) is 0 Å². The molecule has 1 aromatic carbocycles. The third-order valence-electron chi connectivity index (χ3n) is 2.76. The monoisotopic (exact) mass is 249 g/mol. The predicted octanol–water partition coefficient (Wildman–Crippen LogP) is 3.57. The van der Waals surface area contributed by atoms with Crippen LogP contribution in [-0.2, 0) is 0 Å². The largest absolute Gasteiger partial charge is 0.478 e. The van der Waals surface area contributed by atoms with Gasteiger partial charge in [-0.15, -0.1) is 0 Å². The third kappa shape index (κ3) is 2.31. The number of rotatable bonds is 4. The van der Waals surface area contributed by atoms with Gasteiger partial charge in [-0.3, -0.25) is 0 Å². The molecule has 1 aliphatic heterocycles. The van der Waals surface area contributed by atoms with Crippen molar-refractivity contribution in [3.8, 4) is 0 Å². The summed E-state index contributed by atoms with van der Waals surface area (Å²) in [6.07, 6.45) is 2.19. The van der Waals surface area contributed by atoms with Crippen LogP contribution < -0.4 is 4.90 Å². The van der Waals surface area contributed by atoms with Crippen molar-refractivity contribution in [2.75, 3.05) is 11.4 Å². The van der Waals surface area contributed by atoms with E-state index in [0.29, 0.717) is 5.56 Å². The lowest BCUT2D eigenvalue weighted by atomic mass is 10.2. The number of benzene rings is 1. The van der Waals surface area contributed by atoms with Crippen molar-refractivity contribution in [2.45, 2.75) is 24.7 Å². The summed E-state index contributed by atoms with van der Waals surface area (Å²) < 4.78 is 0. The number of nitrogens with zero attached hydrogens (tertiary/aromatic N) is 1. The number of fused-ring (bicyclic) bond motifs is 1. The predicted molar refractivity (Wildman–Crippen MR) is 70.7 cm³/mol. The Balaban J connectivity index is 2.32. The van der Waals surface area contributed by atoms with E-state index < -0.39 is 5.97 Å². The van der Waals surface area contributed by atoms with Gasteiger partial charge in [0.15, 0.2) is 0 Å². The van der Waals surface area contributed by atoms with E-state index in [9.17, 15) is 4.79 Å². The molecule has 0 aliphatic carbocycles. The van der Waals surface area contributed by atoms with Gasteiger partial charge in [-0.25, -0.2) is 4.79 Å². The molecule has 0 radical (unpaired) electrons. The van der Waals surface area contributed by atoms with Crippen LogP contribution in [0.25, 0.3) is 0 Å². The molecule has 0 amide bonds. The quantitative estimate of drug-likeness (QED) is 0.885. The highest BCUT2D eigenvalue weighted by atomic mass is 32.2. The molecule has 0 atom stereocenters. The van der Waals surface area contributed by atoms with Crippen LogP contribution in [0.1, 0.15) is 30.1 Å². The summed E-state index contributed by atoms with van der Waals surface area (Å²) in [6.45, 7) is 7.06. The Kier molecular flexibility index (Phi) is 3.43. The van der Waals surface area contributed by atoms with Gasteiger partial charge in [-0.05, 0) is 24.6 Å². The van der Waals surface area contributed by atoms with Gasteiger partial charge in [-0.2, -0.15) is 0 Å². The summed E-state index contributed by atoms with van der Waals surface area (Å²) in [4.78, 5) is 14.2. The lowest BCUT2D eigenvalue weighted by Gasteiger charge is -2.19. The zero-order valence-corrected chi connectivity index (χ0v) is 10.6. The smallest absolute Gasteiger partial charge is 0.335 e. The topological polar surface area (TPSA) is 40.5 Å². The first kappa shape index (κ1) is 12.0. The maximum Gasteiger partial charge on any atom is 0.335 e. The Morgan fingerprint density at radius 2 is 2.29 bits per heavy atom. The summed E-state index contributed by atoms with van der Waals surface area (Å²) in [5, 5.41) is 9.98. The Morgan fingerprint density at radius 3 is 2.94 bits per heavy atom. The molecule has 2 rings (SSSR count). The number of hydrogen-bond acceptors (Lipinski definition) is 3. The molecular formula is C13H15NO2S. The molecule has 1 N–H and O–H groups in total. The average Bonchev–Trinajstić information content (AvgIpc) is 2.61. The van der Waals surface area contributed by atoms with Gasteiger partial charge in [0.25, 0.3) is 0 Å². The van der Waals surface area contributed by atoms with Crippen molar-refractivity contribution in [2.24, 2.45) is 0 Å². The normalized spacial score (nSPS) is 13.9. The lowest BCUT2D eigenvalue weighted by molar-refractivity contribution is 0.0697. The highest BCUT2D eigenvalue weighted by molar-refractivity contribution is 8.03. The minimum atomic E-state index is -0.884. The van der Waals surface area contributed by atoms with Crippen LogP contribution in [0, 0.1) is 0 Å². The lowest BCUT2D eigenvalue weighted by Crippen LogP contribution is -2.18. The molecule has 0 saturated carbocycles. The Labute approximate surface area is 105 Å². The minimum absolute atomic E-state index is 0.334. The second-order valence-corrected chi connectivity index (χ2v) is 5.10. The number of carbonyl (C=O) groups is 1. The van der Waals surface area contributed by atoms with Crippen LogP contribution in [-0.4, -0.2) is 17.6 Å². The molecule has 1 aliphatic rings. The van der Waals surface area contributed by atoms with Crippen molar-refractivity contribution in [3.63, 3.8) is 0 Å². The van der Waals surface area contributed by atoms with Crippen molar-refractivity contribution in [3.05, 3.63) is 35.4 Å². The van der Waals surface area contributed by atoms with Crippen molar-refractivity contribution in [1.82, 2.24) is 0 Å². The summed E-state index contributed by atoms with van der Waals surface area (Å²) in [6, 6.07) is 5.24. The number of carboxylic acids is 1. The molecule has 0 bridgehead atoms. The zero-order chi connectivity index (χ0) is 12.4. The Hall–Kier alpha value is -1.42. The van der Waals surface area contributed by atoms with Crippen LogP contribution in [0.15, 0.2) is 34.7 Å². The van der Waals surface area contributed by atoms with Crippen molar-refractivity contribution < 1.29 is 9.90 Å². The van der Waals surface area contributed by atoms with Gasteiger partial charge in [0.2, 0.25) is 0 Å². The van der Waals surface area contributed by atoms with E-state index in [1.54, 1.807) is 23.9 Å². The summed E-state index contributed by atoms with van der Waals surface area (Å²) >= 11 is 1.61. The molecular weight excluding hydrogens is 234 g/mol. The maximum absolute atomic E-state index is 11.0. The first-order valence-corrected chi connectivity index (χ1v) is 6.46. The Bertz CT molecular complexity index is 470. The van der Waals surface area contributed by atoms with Crippen LogP contribution in [0.2, 0.25) is 0 Å². The van der Waals surface area contributed by atoms with Gasteiger partial charge in [0.05, 0.1) is 16.3 Å². The van der Waals surface area contributed by atoms with E-state index >= 15 is 0 Å². The molecule has 0 aromatic heterocycles. The molecule has 3 nitrogen and oxygen atoms in total. The number of carboxylic acid groups (broad SMARTS) is 1. The van der Waals surface area contributed by atoms with Gasteiger partial charge < -0.3 is 10.0 Å². The summed E-state index contributed by atoms with van der Waals surface area (Å²) in [7, 11) is 0. The number of thioether (sulfide) groups is 1. The molecule has 1 aromatic rings. The standard InChI is InChI=1S/C13H15NO2S/c1-3-4-7-14-9(2)17-12-6-5-10(13(15)16)8-11(12)14/h5-6,8H,2-4,7H2,1H3,(H,15,16). The highest BCUT2D eigenvalue weighted by Gasteiger charge is 2.24. The highest BCUT2D eigenvalue weighted by Crippen LogP contribution is 2.45. The molecule has 0 unspecified atom stereocenters. The summed E-state index contributed by atoms with van der Waals surface area (Å²) in [5.41, 5.74) is 1.31. The molecule has 1 heterocycles. The molecule has 0 fully saturated rings. The van der Waals surface area contributed by atoms with E-state index in [0.717, 1.165) is 35.0 Å². The number of unbranched alkanes of at least 4 members (excludes halogenated alkanes) is 1. The van der Waals surface area contributed by atoms with Gasteiger partial charge in [0, 0.05) is 11.4 Å². The summed E-state index contributed by atoms with van der Waals surface area (Å²) in [5.74, 6) is -0.884. The fourth-order valence-corrected chi connectivity index (χ4v) is 2.79. The molecule has 4 heteroatoms. The first-order chi connectivity index (χ1) is 8.13. The minimum Gasteiger partial charge on any atom is -0.478 e. The second kappa shape index (κ2) is 4.84. The SMILES string of the molecule is C=C1Sc2ccc(C(=O)O)cc2N1CCCC. The van der Waals surface area contributed by atoms with Crippen LogP contribution in [0.5, 0.6) is 0 Å². The second-order valence-electron chi connectivity index (χ2n) is 3.99. The number of hydrogen-bond donors (Lipinski definition) is 1. The van der Waals surface area contributed by atoms with Gasteiger partial charge in [0.1, 0.15) is 0 Å². The van der Waals surface area contributed by atoms with E-state index in [1.165, 1.54) is 0 Å². The Morgan fingerprint density at radius 1 is 1.53 bits per heavy atom. The van der Waals surface area contributed by atoms with Gasteiger partial charge in [-0.1, -0.05) is 31.7 Å². The van der Waals surface area contributed by atoms with Crippen LogP contribution in [0.4, 0.5) is 5.69 Å². The number of aromatic carboxylic acids is 1. The van der Waals surface area contributed by atoms with E-state index in [1.807, 2.05) is 6.07 Å². The van der Waals surface area contributed by atoms with Crippen LogP contribution >= 0.6 is 11.8 Å². The van der Waals surface area contributed by atoms with Crippen molar-refractivity contribution >= 4 is 23.4 Å². The van der Waals surface area contributed by atoms with Crippen molar-refractivity contribution in [1.29, 1.82) is 0 Å². The molecule has 0 saturated heterocycles. The maximum atomic E-state index is 11.0. The average molecular weight is 249 g/mol.